The monoisotopic (exact) mass is 259 g/mol. The van der Waals surface area contributed by atoms with Gasteiger partial charge in [-0.25, -0.2) is 13.4 Å². The molecule has 0 bridgehead atoms. The minimum Gasteiger partial charge on any atom is -0.245 e. The predicted octanol–water partition coefficient (Wildman–Crippen LogP) is 2.74. The van der Waals surface area contributed by atoms with Crippen LogP contribution < -0.4 is 0 Å². The van der Waals surface area contributed by atoms with Gasteiger partial charge in [0.25, 0.3) is 9.05 Å². The molecule has 15 heavy (non-hydrogen) atoms. The number of rotatable bonds is 2. The fourth-order valence-corrected chi connectivity index (χ4v) is 2.47. The Hall–Kier alpha value is -0.910. The minimum atomic E-state index is -3.63. The summed E-state index contributed by atoms with van der Waals surface area (Å²) in [4.78, 5) is 4.21. The van der Waals surface area contributed by atoms with Crippen LogP contribution in [-0.4, -0.2) is 13.4 Å². The number of benzene rings is 1. The fourth-order valence-electron chi connectivity index (χ4n) is 1.14. The predicted molar refractivity (Wildman–Crippen MR) is 60.6 cm³/mol. The Labute approximate surface area is 95.8 Å². The highest BCUT2D eigenvalue weighted by Gasteiger charge is 2.09. The zero-order valence-electron chi connectivity index (χ0n) is 7.42. The van der Waals surface area contributed by atoms with Crippen molar-refractivity contribution in [3.05, 3.63) is 35.2 Å². The molecule has 1 heterocycles. The third-order valence-corrected chi connectivity index (χ3v) is 3.82. The molecule has 0 fully saturated rings. The van der Waals surface area contributed by atoms with Crippen molar-refractivity contribution in [1.82, 2.24) is 4.98 Å². The molecule has 0 saturated carbocycles. The molecule has 3 nitrogen and oxygen atoms in total. The number of aromatic nitrogens is 1. The van der Waals surface area contributed by atoms with Gasteiger partial charge in [-0.05, 0) is 12.1 Å². The van der Waals surface area contributed by atoms with Gasteiger partial charge in [-0.2, -0.15) is 0 Å². The van der Waals surface area contributed by atoms with Gasteiger partial charge < -0.3 is 0 Å². The van der Waals surface area contributed by atoms with Crippen molar-refractivity contribution >= 4 is 31.1 Å². The zero-order valence-corrected chi connectivity index (χ0v) is 9.81. The Morgan fingerprint density at radius 1 is 1.20 bits per heavy atom. The second-order valence-corrected chi connectivity index (χ2v) is 6.12. The first kappa shape index (κ1) is 10.6. The fraction of sp³-hybridized carbons (Fsp3) is 0. The number of hydrogen-bond acceptors (Lipinski definition) is 4. The molecule has 0 spiro atoms. The summed E-state index contributed by atoms with van der Waals surface area (Å²) in [6, 6.07) is 6.31. The summed E-state index contributed by atoms with van der Waals surface area (Å²) in [5.74, 6) is 0. The molecular weight excluding hydrogens is 254 g/mol. The normalized spacial score (nSPS) is 11.5. The van der Waals surface area contributed by atoms with Crippen molar-refractivity contribution in [3.8, 4) is 11.3 Å². The van der Waals surface area contributed by atoms with Crippen LogP contribution in [0, 0.1) is 0 Å². The van der Waals surface area contributed by atoms with Gasteiger partial charge in [0.2, 0.25) is 0 Å². The second kappa shape index (κ2) is 3.92. The zero-order chi connectivity index (χ0) is 10.9. The maximum absolute atomic E-state index is 11.0. The van der Waals surface area contributed by atoms with Gasteiger partial charge in [0.05, 0.1) is 16.1 Å². The minimum absolute atomic E-state index is 0.100. The van der Waals surface area contributed by atoms with E-state index in [9.17, 15) is 8.42 Å². The van der Waals surface area contributed by atoms with Gasteiger partial charge in [-0.3, -0.25) is 0 Å². The second-order valence-electron chi connectivity index (χ2n) is 2.84. The SMILES string of the molecule is O=S(=O)(Cl)c1ccc(-c2cscn2)cc1. The molecule has 1 aromatic heterocycles. The van der Waals surface area contributed by atoms with E-state index in [0.29, 0.717) is 0 Å². The molecule has 0 aliphatic heterocycles. The number of halogens is 1. The first-order chi connectivity index (χ1) is 7.07. The van der Waals surface area contributed by atoms with E-state index in [4.69, 9.17) is 10.7 Å². The van der Waals surface area contributed by atoms with E-state index in [1.807, 2.05) is 5.38 Å². The first-order valence-corrected chi connectivity index (χ1v) is 7.26. The lowest BCUT2D eigenvalue weighted by Crippen LogP contribution is -1.89. The Kier molecular flexibility index (Phi) is 2.77. The molecule has 0 amide bonds. The van der Waals surface area contributed by atoms with Crippen molar-refractivity contribution in [3.63, 3.8) is 0 Å². The lowest BCUT2D eigenvalue weighted by Gasteiger charge is -1.98. The van der Waals surface area contributed by atoms with Crippen LogP contribution in [0.1, 0.15) is 0 Å². The van der Waals surface area contributed by atoms with Gasteiger partial charge in [-0.1, -0.05) is 12.1 Å². The highest BCUT2D eigenvalue weighted by atomic mass is 35.7. The number of nitrogens with zero attached hydrogens (tertiary/aromatic N) is 1. The van der Waals surface area contributed by atoms with E-state index >= 15 is 0 Å². The van der Waals surface area contributed by atoms with Crippen molar-refractivity contribution in [2.45, 2.75) is 4.90 Å². The van der Waals surface area contributed by atoms with Crippen LogP contribution in [0.5, 0.6) is 0 Å². The molecule has 1 aromatic carbocycles. The molecule has 6 heteroatoms. The topological polar surface area (TPSA) is 47.0 Å². The van der Waals surface area contributed by atoms with Crippen LogP contribution in [0.25, 0.3) is 11.3 Å². The molecule has 0 N–H and O–H groups in total. The molecule has 0 unspecified atom stereocenters. The van der Waals surface area contributed by atoms with Gasteiger partial charge in [0.1, 0.15) is 0 Å². The third kappa shape index (κ3) is 2.37. The molecule has 2 aromatic rings. The Morgan fingerprint density at radius 2 is 1.87 bits per heavy atom. The smallest absolute Gasteiger partial charge is 0.245 e. The van der Waals surface area contributed by atoms with E-state index in [1.165, 1.54) is 23.5 Å². The summed E-state index contributed by atoms with van der Waals surface area (Å²) < 4.78 is 22.0. The molecule has 78 valence electrons. The van der Waals surface area contributed by atoms with Crippen molar-refractivity contribution in [2.24, 2.45) is 0 Å². The van der Waals surface area contributed by atoms with Crippen LogP contribution >= 0.6 is 22.0 Å². The lowest BCUT2D eigenvalue weighted by atomic mass is 10.2. The molecular formula is C9H6ClNO2S2. The third-order valence-electron chi connectivity index (χ3n) is 1.86. The summed E-state index contributed by atoms with van der Waals surface area (Å²) >= 11 is 1.49. The molecule has 0 saturated heterocycles. The maximum Gasteiger partial charge on any atom is 0.261 e. The van der Waals surface area contributed by atoms with Gasteiger partial charge >= 0.3 is 0 Å². The Balaban J connectivity index is 2.42. The van der Waals surface area contributed by atoms with E-state index in [-0.39, 0.29) is 4.90 Å². The summed E-state index contributed by atoms with van der Waals surface area (Å²) in [6.07, 6.45) is 0. The van der Waals surface area contributed by atoms with Crippen molar-refractivity contribution in [1.29, 1.82) is 0 Å². The standard InChI is InChI=1S/C9H6ClNO2S2/c10-15(12,13)8-3-1-7(2-4-8)9-5-14-6-11-9/h1-6H. The average molecular weight is 260 g/mol. The summed E-state index contributed by atoms with van der Waals surface area (Å²) in [5.41, 5.74) is 3.43. The highest BCUT2D eigenvalue weighted by molar-refractivity contribution is 8.13. The van der Waals surface area contributed by atoms with E-state index in [0.717, 1.165) is 11.3 Å². The lowest BCUT2D eigenvalue weighted by molar-refractivity contribution is 0.609. The summed E-state index contributed by atoms with van der Waals surface area (Å²) in [6.45, 7) is 0. The van der Waals surface area contributed by atoms with Crippen LogP contribution in [-0.2, 0) is 9.05 Å². The highest BCUT2D eigenvalue weighted by Crippen LogP contribution is 2.22. The van der Waals surface area contributed by atoms with Gasteiger partial charge in [0.15, 0.2) is 0 Å². The molecule has 0 aliphatic rings. The van der Waals surface area contributed by atoms with Crippen LogP contribution in [0.15, 0.2) is 40.1 Å². The summed E-state index contributed by atoms with van der Waals surface area (Å²) in [7, 11) is 1.56. The molecule has 0 atom stereocenters. The van der Waals surface area contributed by atoms with Gasteiger partial charge in [0, 0.05) is 21.6 Å². The molecule has 0 aliphatic carbocycles. The van der Waals surface area contributed by atoms with E-state index in [1.54, 1.807) is 17.6 Å². The Morgan fingerprint density at radius 3 is 2.33 bits per heavy atom. The Bertz CT molecular complexity index is 546. The first-order valence-electron chi connectivity index (χ1n) is 4.01. The largest absolute Gasteiger partial charge is 0.261 e. The number of hydrogen-bond donors (Lipinski definition) is 0. The van der Waals surface area contributed by atoms with Crippen LogP contribution in [0.3, 0.4) is 0 Å². The van der Waals surface area contributed by atoms with Crippen LogP contribution in [0.2, 0.25) is 0 Å². The van der Waals surface area contributed by atoms with Crippen molar-refractivity contribution in [2.75, 3.05) is 0 Å². The molecule has 2 rings (SSSR count). The molecule has 0 radical (unpaired) electrons. The maximum atomic E-state index is 11.0. The summed E-state index contributed by atoms with van der Waals surface area (Å²) in [5, 5.41) is 1.89. The average Bonchev–Trinajstić information content (AvgIpc) is 2.69. The van der Waals surface area contributed by atoms with Crippen molar-refractivity contribution < 1.29 is 8.42 Å². The number of thiazole rings is 1. The van der Waals surface area contributed by atoms with E-state index in [2.05, 4.69) is 4.98 Å². The quantitative estimate of drug-likeness (QED) is 0.779. The van der Waals surface area contributed by atoms with Crippen LogP contribution in [0.4, 0.5) is 0 Å². The van der Waals surface area contributed by atoms with E-state index < -0.39 is 9.05 Å². The van der Waals surface area contributed by atoms with Gasteiger partial charge in [-0.15, -0.1) is 11.3 Å².